The van der Waals surface area contributed by atoms with E-state index in [0.717, 1.165) is 32.8 Å². The van der Waals surface area contributed by atoms with Crippen LogP contribution in [0.15, 0.2) is 0 Å². The largest absolute Gasteiger partial charge is 0.379 e. The molecule has 1 fully saturated rings. The Hall–Kier alpha value is -0.170. The molecule has 77 valence electrons. The molecule has 0 aliphatic carbocycles. The summed E-state index contributed by atoms with van der Waals surface area (Å²) in [5.41, 5.74) is 0. The van der Waals surface area contributed by atoms with Crippen LogP contribution in [0.3, 0.4) is 0 Å². The van der Waals surface area contributed by atoms with E-state index >= 15 is 0 Å². The Morgan fingerprint density at radius 2 is 2.00 bits per heavy atom. The highest BCUT2D eigenvalue weighted by Gasteiger charge is 2.10. The molecule has 0 aromatic heterocycles. The van der Waals surface area contributed by atoms with Crippen LogP contribution in [0.2, 0.25) is 0 Å². The van der Waals surface area contributed by atoms with Gasteiger partial charge in [-0.2, -0.15) is 0 Å². The second-order valence-corrected chi connectivity index (χ2v) is 4.48. The van der Waals surface area contributed by atoms with Crippen molar-refractivity contribution < 1.29 is 13.2 Å². The summed E-state index contributed by atoms with van der Waals surface area (Å²) in [6, 6.07) is 0. The molecule has 1 saturated heterocycles. The van der Waals surface area contributed by atoms with Crippen LogP contribution in [0.25, 0.3) is 0 Å². The van der Waals surface area contributed by atoms with Gasteiger partial charge in [0.15, 0.2) is 0 Å². The number of rotatable bonds is 4. The zero-order valence-corrected chi connectivity index (χ0v) is 8.35. The van der Waals surface area contributed by atoms with Crippen LogP contribution in [-0.2, 0) is 14.8 Å². The van der Waals surface area contributed by atoms with Crippen molar-refractivity contribution in [3.63, 3.8) is 0 Å². The average molecular weight is 207 g/mol. The van der Waals surface area contributed by atoms with E-state index in [1.54, 1.807) is 0 Å². The Balaban J connectivity index is 2.11. The highest BCUT2D eigenvalue weighted by Crippen LogP contribution is 1.94. The molecule has 0 atom stereocenters. The van der Waals surface area contributed by atoms with Gasteiger partial charge in [-0.25, -0.2) is 13.1 Å². The lowest BCUT2D eigenvalue weighted by molar-refractivity contribution is 0.0390. The highest BCUT2D eigenvalue weighted by molar-refractivity contribution is 7.90. The van der Waals surface area contributed by atoms with Crippen LogP contribution in [0.1, 0.15) is 0 Å². The van der Waals surface area contributed by atoms with Crippen LogP contribution < -0.4 is 4.72 Å². The van der Waals surface area contributed by atoms with Crippen LogP contribution in [0.4, 0.5) is 0 Å². The molecule has 0 bridgehead atoms. The molecule has 0 aromatic carbocycles. The lowest BCUT2D eigenvalue weighted by Gasteiger charge is -2.26. The van der Waals surface area contributed by atoms with Crippen LogP contribution in [0.5, 0.6) is 0 Å². The number of hydrogen-bond acceptors (Lipinski definition) is 4. The molecular formula is C7H15N2O3S. The molecule has 0 amide bonds. The monoisotopic (exact) mass is 207 g/mol. The lowest BCUT2D eigenvalue weighted by Crippen LogP contribution is -2.40. The molecule has 13 heavy (non-hydrogen) atoms. The fourth-order valence-electron chi connectivity index (χ4n) is 1.18. The maximum absolute atomic E-state index is 10.6. The predicted octanol–water partition coefficient (Wildman–Crippen LogP) is -0.970. The van der Waals surface area contributed by atoms with Crippen LogP contribution in [0, 0.1) is 6.26 Å². The van der Waals surface area contributed by atoms with Crippen molar-refractivity contribution in [1.29, 1.82) is 0 Å². The van der Waals surface area contributed by atoms with Gasteiger partial charge in [0.05, 0.1) is 19.5 Å². The number of nitrogens with zero attached hydrogens (tertiary/aromatic N) is 1. The maximum atomic E-state index is 10.6. The molecule has 1 N–H and O–H groups in total. The van der Waals surface area contributed by atoms with E-state index in [1.807, 2.05) is 0 Å². The van der Waals surface area contributed by atoms with Crippen molar-refractivity contribution in [2.24, 2.45) is 0 Å². The zero-order chi connectivity index (χ0) is 9.73. The summed E-state index contributed by atoms with van der Waals surface area (Å²) in [5, 5.41) is 0. The molecular weight excluding hydrogens is 192 g/mol. The van der Waals surface area contributed by atoms with Gasteiger partial charge >= 0.3 is 0 Å². The predicted molar refractivity (Wildman–Crippen MR) is 49.5 cm³/mol. The third kappa shape index (κ3) is 5.20. The topological polar surface area (TPSA) is 58.6 Å². The Labute approximate surface area is 79.1 Å². The third-order valence-electron chi connectivity index (χ3n) is 1.85. The van der Waals surface area contributed by atoms with Crippen molar-refractivity contribution in [1.82, 2.24) is 9.62 Å². The normalized spacial score (nSPS) is 20.4. The van der Waals surface area contributed by atoms with Gasteiger partial charge in [0.2, 0.25) is 10.0 Å². The molecule has 1 radical (unpaired) electrons. The SMILES string of the molecule is [CH2]S(=O)(=O)NCCN1CCOCC1. The van der Waals surface area contributed by atoms with Crippen molar-refractivity contribution in [3.8, 4) is 0 Å². The molecule has 0 spiro atoms. The van der Waals surface area contributed by atoms with Gasteiger partial charge in [0.1, 0.15) is 0 Å². The van der Waals surface area contributed by atoms with Gasteiger partial charge in [-0.1, -0.05) is 0 Å². The van der Waals surface area contributed by atoms with Gasteiger partial charge in [0, 0.05) is 26.2 Å². The molecule has 1 aliphatic rings. The summed E-state index contributed by atoms with van der Waals surface area (Å²) in [7, 11) is -3.28. The van der Waals surface area contributed by atoms with E-state index in [9.17, 15) is 8.42 Å². The molecule has 0 unspecified atom stereocenters. The van der Waals surface area contributed by atoms with E-state index in [0.29, 0.717) is 6.54 Å². The summed E-state index contributed by atoms with van der Waals surface area (Å²) in [6.45, 7) is 4.36. The quantitative estimate of drug-likeness (QED) is 0.644. The minimum Gasteiger partial charge on any atom is -0.379 e. The van der Waals surface area contributed by atoms with Crippen molar-refractivity contribution in [2.75, 3.05) is 39.4 Å². The Morgan fingerprint density at radius 3 is 2.54 bits per heavy atom. The van der Waals surface area contributed by atoms with Gasteiger partial charge in [-0.15, -0.1) is 0 Å². The fraction of sp³-hybridized carbons (Fsp3) is 0.857. The smallest absolute Gasteiger partial charge is 0.212 e. The van der Waals surface area contributed by atoms with E-state index < -0.39 is 10.0 Å². The highest BCUT2D eigenvalue weighted by atomic mass is 32.2. The van der Waals surface area contributed by atoms with Crippen molar-refractivity contribution in [3.05, 3.63) is 6.26 Å². The number of hydrogen-bond donors (Lipinski definition) is 1. The summed E-state index contributed by atoms with van der Waals surface area (Å²) in [6.07, 6.45) is 2.97. The Morgan fingerprint density at radius 1 is 1.38 bits per heavy atom. The summed E-state index contributed by atoms with van der Waals surface area (Å²) in [5.74, 6) is 0. The van der Waals surface area contributed by atoms with E-state index in [4.69, 9.17) is 4.74 Å². The van der Waals surface area contributed by atoms with E-state index in [2.05, 4.69) is 15.9 Å². The first kappa shape index (κ1) is 10.9. The summed E-state index contributed by atoms with van der Waals surface area (Å²) >= 11 is 0. The fourth-order valence-corrected chi connectivity index (χ4v) is 1.59. The standard InChI is InChI=1S/C7H15N2O3S/c1-13(10,11)8-2-3-9-4-6-12-7-5-9/h8H,1-7H2. The number of nitrogens with one attached hydrogen (secondary N) is 1. The van der Waals surface area contributed by atoms with Gasteiger partial charge in [-0.3, -0.25) is 4.90 Å². The molecule has 6 heteroatoms. The molecule has 0 saturated carbocycles. The van der Waals surface area contributed by atoms with Crippen molar-refractivity contribution in [2.45, 2.75) is 0 Å². The Bertz CT molecular complexity index is 234. The number of sulfonamides is 1. The van der Waals surface area contributed by atoms with Crippen LogP contribution in [-0.4, -0.2) is 52.7 Å². The van der Waals surface area contributed by atoms with E-state index in [1.165, 1.54) is 0 Å². The van der Waals surface area contributed by atoms with Gasteiger partial charge in [0.25, 0.3) is 0 Å². The van der Waals surface area contributed by atoms with Crippen LogP contribution >= 0.6 is 0 Å². The molecule has 1 rings (SSSR count). The minimum absolute atomic E-state index is 0.422. The second-order valence-electron chi connectivity index (χ2n) is 2.96. The Kier molecular flexibility index (Phi) is 4.11. The van der Waals surface area contributed by atoms with Gasteiger partial charge in [-0.05, 0) is 0 Å². The lowest BCUT2D eigenvalue weighted by atomic mass is 10.4. The maximum Gasteiger partial charge on any atom is 0.212 e. The summed E-state index contributed by atoms with van der Waals surface area (Å²) in [4.78, 5) is 2.15. The second kappa shape index (κ2) is 4.90. The first-order valence-corrected chi connectivity index (χ1v) is 5.86. The molecule has 5 nitrogen and oxygen atoms in total. The number of ether oxygens (including phenoxy) is 1. The van der Waals surface area contributed by atoms with Gasteiger partial charge < -0.3 is 4.74 Å². The molecule has 0 aromatic rings. The number of morpholine rings is 1. The third-order valence-corrected chi connectivity index (χ3v) is 2.50. The van der Waals surface area contributed by atoms with Crippen molar-refractivity contribution >= 4 is 10.0 Å². The minimum atomic E-state index is -3.28. The van der Waals surface area contributed by atoms with E-state index in [-0.39, 0.29) is 0 Å². The molecule has 1 aliphatic heterocycles. The first-order chi connectivity index (χ1) is 6.08. The first-order valence-electron chi connectivity index (χ1n) is 4.21. The summed E-state index contributed by atoms with van der Waals surface area (Å²) < 4.78 is 28.7. The zero-order valence-electron chi connectivity index (χ0n) is 7.53. The molecule has 1 heterocycles. The average Bonchev–Trinajstić information content (AvgIpc) is 2.04.